The number of carbonyl (C=O) groups is 4. The minimum absolute atomic E-state index is 0.00748. The van der Waals surface area contributed by atoms with Gasteiger partial charge in [-0.2, -0.15) is 0 Å². The number of nitrogens with one attached hydrogen (secondary N) is 3. The molecule has 0 radical (unpaired) electrons. The van der Waals surface area contributed by atoms with Gasteiger partial charge >= 0.3 is 5.97 Å². The largest absolute Gasteiger partial charge is 0.508 e. The summed E-state index contributed by atoms with van der Waals surface area (Å²) in [5.41, 5.74) is 7.03. The predicted molar refractivity (Wildman–Crippen MR) is 144 cm³/mol. The first kappa shape index (κ1) is 31.3. The van der Waals surface area contributed by atoms with Crippen LogP contribution in [0.3, 0.4) is 0 Å². The number of carboxylic acid groups (broad SMARTS) is 1. The zero-order chi connectivity index (χ0) is 29.1. The van der Waals surface area contributed by atoms with E-state index < -0.39 is 54.0 Å². The normalized spacial score (nSPS) is 14.9. The Morgan fingerprint density at radius 2 is 1.23 bits per heavy atom. The maximum Gasteiger partial charge on any atom is 0.326 e. The molecule has 0 aromatic heterocycles. The number of hydrogen-bond donors (Lipinski definition) is 7. The van der Waals surface area contributed by atoms with E-state index in [1.54, 1.807) is 42.5 Å². The summed E-state index contributed by atoms with van der Waals surface area (Å²) in [4.78, 5) is 51.1. The Hall–Kier alpha value is -3.96. The number of aliphatic hydroxyl groups excluding tert-OH is 1. The molecule has 0 aliphatic heterocycles. The summed E-state index contributed by atoms with van der Waals surface area (Å²) in [6, 6.07) is 10.1. The maximum absolute atomic E-state index is 13.3. The van der Waals surface area contributed by atoms with E-state index in [-0.39, 0.29) is 30.9 Å². The topological polar surface area (TPSA) is 191 Å². The monoisotopic (exact) mass is 542 g/mol. The molecule has 0 spiro atoms. The molecule has 0 aliphatic rings. The number of aromatic hydroxyl groups is 1. The number of aliphatic carboxylic acids is 1. The van der Waals surface area contributed by atoms with E-state index in [2.05, 4.69) is 16.0 Å². The van der Waals surface area contributed by atoms with Crippen molar-refractivity contribution in [2.24, 2.45) is 11.7 Å². The quantitative estimate of drug-likeness (QED) is 0.179. The second-order valence-electron chi connectivity index (χ2n) is 9.98. The fourth-order valence-corrected chi connectivity index (χ4v) is 3.86. The van der Waals surface area contributed by atoms with Gasteiger partial charge in [-0.3, -0.25) is 14.4 Å². The molecule has 0 fully saturated rings. The molecule has 0 heterocycles. The first-order valence-corrected chi connectivity index (χ1v) is 12.8. The van der Waals surface area contributed by atoms with Crippen LogP contribution < -0.4 is 21.7 Å². The van der Waals surface area contributed by atoms with Crippen molar-refractivity contribution in [2.45, 2.75) is 70.3 Å². The molecule has 11 heteroatoms. The van der Waals surface area contributed by atoms with E-state index in [0.717, 1.165) is 5.56 Å². The number of hydrogen-bond acceptors (Lipinski definition) is 7. The molecular formula is C28H38N4O7. The van der Waals surface area contributed by atoms with Crippen LogP contribution in [0.1, 0.15) is 38.3 Å². The molecule has 2 aromatic carbocycles. The van der Waals surface area contributed by atoms with Crippen molar-refractivity contribution in [3.8, 4) is 5.75 Å². The van der Waals surface area contributed by atoms with Crippen LogP contribution in [0, 0.1) is 5.92 Å². The second-order valence-corrected chi connectivity index (χ2v) is 9.98. The smallest absolute Gasteiger partial charge is 0.326 e. The number of rotatable bonds is 14. The minimum atomic E-state index is -1.30. The van der Waals surface area contributed by atoms with Crippen LogP contribution in [0.25, 0.3) is 0 Å². The third-order valence-electron chi connectivity index (χ3n) is 6.07. The van der Waals surface area contributed by atoms with Crippen LogP contribution in [0.5, 0.6) is 5.75 Å². The van der Waals surface area contributed by atoms with Gasteiger partial charge in [0.25, 0.3) is 0 Å². The molecule has 0 saturated carbocycles. The second kappa shape index (κ2) is 14.8. The molecule has 5 atom stereocenters. The number of aliphatic hydroxyl groups is 1. The molecular weight excluding hydrogens is 504 g/mol. The van der Waals surface area contributed by atoms with Gasteiger partial charge in [-0.1, -0.05) is 56.3 Å². The van der Waals surface area contributed by atoms with Gasteiger partial charge in [-0.25, -0.2) is 4.79 Å². The highest BCUT2D eigenvalue weighted by molar-refractivity contribution is 5.94. The fraction of sp³-hybridized carbons (Fsp3) is 0.429. The molecule has 5 unspecified atom stereocenters. The molecule has 2 aromatic rings. The van der Waals surface area contributed by atoms with Crippen LogP contribution in [-0.4, -0.2) is 69.3 Å². The van der Waals surface area contributed by atoms with E-state index >= 15 is 0 Å². The van der Waals surface area contributed by atoms with Gasteiger partial charge in [-0.15, -0.1) is 0 Å². The Kier molecular flexibility index (Phi) is 11.9. The number of phenolic OH excluding ortho intramolecular Hbond substituents is 1. The Morgan fingerprint density at radius 1 is 0.744 bits per heavy atom. The summed E-state index contributed by atoms with van der Waals surface area (Å²) in [5.74, 6) is -3.32. The van der Waals surface area contributed by atoms with Gasteiger partial charge in [0.1, 0.15) is 29.9 Å². The average Bonchev–Trinajstić information content (AvgIpc) is 2.88. The number of carbonyl (C=O) groups excluding carboxylic acids is 3. The van der Waals surface area contributed by atoms with Crippen molar-refractivity contribution in [1.29, 1.82) is 0 Å². The lowest BCUT2D eigenvalue weighted by molar-refractivity contribution is -0.142. The fourth-order valence-electron chi connectivity index (χ4n) is 3.86. The molecule has 212 valence electrons. The Morgan fingerprint density at radius 3 is 1.77 bits per heavy atom. The average molecular weight is 543 g/mol. The first-order chi connectivity index (χ1) is 18.4. The molecule has 2 rings (SSSR count). The number of nitrogens with two attached hydrogens (primary N) is 1. The first-order valence-electron chi connectivity index (χ1n) is 12.8. The molecule has 0 bridgehead atoms. The predicted octanol–water partition coefficient (Wildman–Crippen LogP) is 0.471. The molecule has 8 N–H and O–H groups in total. The Balaban J connectivity index is 2.26. The highest BCUT2D eigenvalue weighted by Crippen LogP contribution is 2.13. The van der Waals surface area contributed by atoms with Crippen LogP contribution in [-0.2, 0) is 32.0 Å². The van der Waals surface area contributed by atoms with Crippen molar-refractivity contribution < 1.29 is 34.5 Å². The zero-order valence-electron chi connectivity index (χ0n) is 22.3. The van der Waals surface area contributed by atoms with Gasteiger partial charge in [0.15, 0.2) is 0 Å². The summed E-state index contributed by atoms with van der Waals surface area (Å²) in [7, 11) is 0. The van der Waals surface area contributed by atoms with E-state index in [9.17, 15) is 34.5 Å². The summed E-state index contributed by atoms with van der Waals surface area (Å²) >= 11 is 0. The van der Waals surface area contributed by atoms with Gasteiger partial charge in [0.2, 0.25) is 17.7 Å². The van der Waals surface area contributed by atoms with E-state index in [1.807, 2.05) is 13.8 Å². The van der Waals surface area contributed by atoms with Crippen molar-refractivity contribution in [1.82, 2.24) is 16.0 Å². The highest BCUT2D eigenvalue weighted by Gasteiger charge is 2.31. The third kappa shape index (κ3) is 10.4. The van der Waals surface area contributed by atoms with Gasteiger partial charge in [0, 0.05) is 12.8 Å². The SMILES string of the molecule is CC(C)CC(NC(=O)C(N)C(C)O)C(=O)NC(Cc1ccccc1)C(=O)NC(Cc1ccc(O)cc1)C(=O)O. The van der Waals surface area contributed by atoms with Crippen molar-refractivity contribution in [3.05, 3.63) is 65.7 Å². The summed E-state index contributed by atoms with van der Waals surface area (Å²) in [6.07, 6.45) is -0.871. The van der Waals surface area contributed by atoms with Gasteiger partial charge in [-0.05, 0) is 42.5 Å². The molecule has 3 amide bonds. The van der Waals surface area contributed by atoms with E-state index in [1.165, 1.54) is 19.1 Å². The van der Waals surface area contributed by atoms with Crippen LogP contribution >= 0.6 is 0 Å². The van der Waals surface area contributed by atoms with Crippen LogP contribution in [0.15, 0.2) is 54.6 Å². The number of phenols is 1. The van der Waals surface area contributed by atoms with Crippen molar-refractivity contribution >= 4 is 23.7 Å². The van der Waals surface area contributed by atoms with E-state index in [4.69, 9.17) is 5.73 Å². The molecule has 11 nitrogen and oxygen atoms in total. The number of amides is 3. The van der Waals surface area contributed by atoms with Gasteiger partial charge < -0.3 is 37.0 Å². The summed E-state index contributed by atoms with van der Waals surface area (Å²) < 4.78 is 0. The van der Waals surface area contributed by atoms with Crippen LogP contribution in [0.4, 0.5) is 0 Å². The summed E-state index contributed by atoms with van der Waals surface area (Å²) in [6.45, 7) is 5.07. The summed E-state index contributed by atoms with van der Waals surface area (Å²) in [5, 5.41) is 36.6. The molecule has 39 heavy (non-hydrogen) atoms. The van der Waals surface area contributed by atoms with E-state index in [0.29, 0.717) is 5.56 Å². The van der Waals surface area contributed by atoms with Crippen molar-refractivity contribution in [3.63, 3.8) is 0 Å². The van der Waals surface area contributed by atoms with Crippen LogP contribution in [0.2, 0.25) is 0 Å². The number of benzene rings is 2. The van der Waals surface area contributed by atoms with Crippen molar-refractivity contribution in [2.75, 3.05) is 0 Å². The molecule has 0 saturated heterocycles. The minimum Gasteiger partial charge on any atom is -0.508 e. The molecule has 0 aliphatic carbocycles. The Bertz CT molecular complexity index is 1110. The standard InChI is InChI=1S/C28H38N4O7/c1-16(2)13-21(31-27(37)24(29)17(3)33)25(35)30-22(14-18-7-5-4-6-8-18)26(36)32-23(28(38)39)15-19-9-11-20(34)12-10-19/h4-12,16-17,21-24,33-34H,13-15,29H2,1-3H3,(H,30,35)(H,31,37)(H,32,36)(H,38,39). The Labute approximate surface area is 227 Å². The third-order valence-corrected chi connectivity index (χ3v) is 6.07. The lowest BCUT2D eigenvalue weighted by Crippen LogP contribution is -2.58. The maximum atomic E-state index is 13.3. The number of carboxylic acids is 1. The lowest BCUT2D eigenvalue weighted by atomic mass is 10.00. The zero-order valence-corrected chi connectivity index (χ0v) is 22.3. The van der Waals surface area contributed by atoms with Gasteiger partial charge in [0.05, 0.1) is 6.10 Å². The highest BCUT2D eigenvalue weighted by atomic mass is 16.4. The lowest BCUT2D eigenvalue weighted by Gasteiger charge is -2.26.